The maximum Gasteiger partial charge on any atom is 0.310 e. The van der Waals surface area contributed by atoms with E-state index in [0.29, 0.717) is 5.69 Å². The van der Waals surface area contributed by atoms with Crippen LogP contribution in [0.4, 0.5) is 5.69 Å². The summed E-state index contributed by atoms with van der Waals surface area (Å²) in [6.07, 6.45) is 0.186. The Balaban J connectivity index is 1.57. The van der Waals surface area contributed by atoms with E-state index in [1.165, 1.54) is 11.3 Å². The molecule has 0 aliphatic carbocycles. The molecule has 3 rings (SSSR count). The molecule has 4 nitrogen and oxygen atoms in total. The average Bonchev–Trinajstić information content (AvgIpc) is 3.06. The zero-order chi connectivity index (χ0) is 16.1. The summed E-state index contributed by atoms with van der Waals surface area (Å²) in [6, 6.07) is 15.3. The molecule has 0 spiro atoms. The Hall–Kier alpha value is -2.66. The molecular formula is C18H15NO3S. The highest BCUT2D eigenvalue weighted by atomic mass is 32.1. The van der Waals surface area contributed by atoms with Crippen LogP contribution in [0.1, 0.15) is 5.56 Å². The van der Waals surface area contributed by atoms with Crippen molar-refractivity contribution in [1.82, 2.24) is 0 Å². The second-order valence-electron chi connectivity index (χ2n) is 5.04. The van der Waals surface area contributed by atoms with E-state index >= 15 is 0 Å². The van der Waals surface area contributed by atoms with Crippen molar-refractivity contribution >= 4 is 39.7 Å². The summed E-state index contributed by atoms with van der Waals surface area (Å²) in [4.78, 5) is 23.7. The Labute approximate surface area is 137 Å². The molecular weight excluding hydrogens is 310 g/mol. The Morgan fingerprint density at radius 2 is 1.87 bits per heavy atom. The first kappa shape index (κ1) is 15.2. The number of fused-ring (bicyclic) bond motifs is 1. The van der Waals surface area contributed by atoms with Crippen molar-refractivity contribution in [1.29, 1.82) is 0 Å². The van der Waals surface area contributed by atoms with Gasteiger partial charge in [-0.15, -0.1) is 0 Å². The van der Waals surface area contributed by atoms with Gasteiger partial charge in [-0.2, -0.15) is 11.3 Å². The number of benzene rings is 2. The second kappa shape index (κ2) is 7.07. The van der Waals surface area contributed by atoms with Crippen LogP contribution in [-0.4, -0.2) is 18.5 Å². The van der Waals surface area contributed by atoms with Gasteiger partial charge >= 0.3 is 5.97 Å². The molecule has 5 heteroatoms. The average molecular weight is 325 g/mol. The molecule has 3 aromatic rings. The molecule has 0 saturated heterocycles. The summed E-state index contributed by atoms with van der Waals surface area (Å²) >= 11 is 1.52. The highest BCUT2D eigenvalue weighted by molar-refractivity contribution is 7.08. The smallest absolute Gasteiger partial charge is 0.310 e. The minimum absolute atomic E-state index is 0.186. The van der Waals surface area contributed by atoms with E-state index in [2.05, 4.69) is 5.32 Å². The van der Waals surface area contributed by atoms with Gasteiger partial charge < -0.3 is 10.1 Å². The van der Waals surface area contributed by atoms with Gasteiger partial charge in [-0.1, -0.05) is 36.4 Å². The summed E-state index contributed by atoms with van der Waals surface area (Å²) in [6.45, 7) is -0.286. The third kappa shape index (κ3) is 3.96. The van der Waals surface area contributed by atoms with E-state index in [-0.39, 0.29) is 18.9 Å². The first-order valence-electron chi connectivity index (χ1n) is 7.17. The van der Waals surface area contributed by atoms with Crippen LogP contribution >= 0.6 is 11.3 Å². The van der Waals surface area contributed by atoms with E-state index in [9.17, 15) is 9.59 Å². The molecule has 0 bridgehead atoms. The van der Waals surface area contributed by atoms with Gasteiger partial charge in [0, 0.05) is 11.1 Å². The summed E-state index contributed by atoms with van der Waals surface area (Å²) in [5, 5.41) is 8.56. The third-order valence-corrected chi connectivity index (χ3v) is 4.09. The second-order valence-corrected chi connectivity index (χ2v) is 5.82. The molecule has 0 fully saturated rings. The van der Waals surface area contributed by atoms with Crippen LogP contribution in [0.3, 0.4) is 0 Å². The fourth-order valence-electron chi connectivity index (χ4n) is 2.28. The van der Waals surface area contributed by atoms with Gasteiger partial charge in [0.05, 0.1) is 6.42 Å². The summed E-state index contributed by atoms with van der Waals surface area (Å²) in [5.74, 6) is -0.753. The number of amides is 1. The summed E-state index contributed by atoms with van der Waals surface area (Å²) in [7, 11) is 0. The van der Waals surface area contributed by atoms with Gasteiger partial charge in [0.25, 0.3) is 5.91 Å². The van der Waals surface area contributed by atoms with E-state index < -0.39 is 5.97 Å². The fraction of sp³-hybridized carbons (Fsp3) is 0.111. The molecule has 0 saturated carbocycles. The minimum Gasteiger partial charge on any atom is -0.455 e. The van der Waals surface area contributed by atoms with Gasteiger partial charge in [-0.25, -0.2) is 0 Å². The van der Waals surface area contributed by atoms with E-state index in [1.54, 1.807) is 0 Å². The van der Waals surface area contributed by atoms with Crippen LogP contribution < -0.4 is 5.32 Å². The van der Waals surface area contributed by atoms with E-state index in [0.717, 1.165) is 16.3 Å². The molecule has 23 heavy (non-hydrogen) atoms. The van der Waals surface area contributed by atoms with Crippen molar-refractivity contribution in [3.05, 3.63) is 64.9 Å². The molecule has 1 amide bonds. The Morgan fingerprint density at radius 3 is 2.70 bits per heavy atom. The molecule has 0 aliphatic rings. The number of ether oxygens (including phenoxy) is 1. The predicted octanol–water partition coefficient (Wildman–Crippen LogP) is 3.63. The number of esters is 1. The quantitative estimate of drug-likeness (QED) is 0.729. The lowest BCUT2D eigenvalue weighted by atomic mass is 10.1. The molecule has 1 heterocycles. The molecule has 0 aliphatic heterocycles. The van der Waals surface area contributed by atoms with Crippen molar-refractivity contribution in [2.24, 2.45) is 0 Å². The van der Waals surface area contributed by atoms with Crippen LogP contribution in [0.25, 0.3) is 10.8 Å². The number of nitrogens with one attached hydrogen (secondary N) is 1. The Kier molecular flexibility index (Phi) is 4.68. The molecule has 1 aromatic heterocycles. The molecule has 116 valence electrons. The number of anilines is 1. The number of carbonyl (C=O) groups is 2. The highest BCUT2D eigenvalue weighted by Gasteiger charge is 2.10. The number of hydrogen-bond acceptors (Lipinski definition) is 4. The first-order chi connectivity index (χ1) is 11.2. The number of thiophene rings is 1. The van der Waals surface area contributed by atoms with Crippen LogP contribution in [0.5, 0.6) is 0 Å². The van der Waals surface area contributed by atoms with Gasteiger partial charge in [0.15, 0.2) is 6.61 Å². The third-order valence-electron chi connectivity index (χ3n) is 3.36. The van der Waals surface area contributed by atoms with Crippen LogP contribution in [0.2, 0.25) is 0 Å². The zero-order valence-electron chi connectivity index (χ0n) is 12.3. The molecule has 1 N–H and O–H groups in total. The lowest BCUT2D eigenvalue weighted by molar-refractivity contribution is -0.146. The first-order valence-corrected chi connectivity index (χ1v) is 8.11. The SMILES string of the molecule is O=C(COC(=O)Cc1ccsc1)Nc1cccc2ccccc12. The predicted molar refractivity (Wildman–Crippen MR) is 91.6 cm³/mol. The Bertz CT molecular complexity index is 822. The standard InChI is InChI=1S/C18H15NO3S/c20-17(11-22-18(21)10-13-8-9-23-12-13)19-16-7-3-5-14-4-1-2-6-15(14)16/h1-9,12H,10-11H2,(H,19,20). The van der Waals surface area contributed by atoms with Crippen molar-refractivity contribution in [2.45, 2.75) is 6.42 Å². The number of rotatable bonds is 5. The van der Waals surface area contributed by atoms with Crippen molar-refractivity contribution < 1.29 is 14.3 Å². The molecule has 0 radical (unpaired) electrons. The van der Waals surface area contributed by atoms with E-state index in [1.807, 2.05) is 59.3 Å². The normalized spacial score (nSPS) is 10.4. The van der Waals surface area contributed by atoms with Crippen molar-refractivity contribution in [3.63, 3.8) is 0 Å². The molecule has 2 aromatic carbocycles. The van der Waals surface area contributed by atoms with Crippen molar-refractivity contribution in [2.75, 3.05) is 11.9 Å². The van der Waals surface area contributed by atoms with Gasteiger partial charge in [0.1, 0.15) is 0 Å². The zero-order valence-corrected chi connectivity index (χ0v) is 13.1. The summed E-state index contributed by atoms with van der Waals surface area (Å²) < 4.78 is 5.02. The monoisotopic (exact) mass is 325 g/mol. The van der Waals surface area contributed by atoms with Gasteiger partial charge in [-0.3, -0.25) is 9.59 Å². The van der Waals surface area contributed by atoms with Crippen LogP contribution in [0.15, 0.2) is 59.3 Å². The lowest BCUT2D eigenvalue weighted by Crippen LogP contribution is -2.21. The minimum atomic E-state index is -0.406. The highest BCUT2D eigenvalue weighted by Crippen LogP contribution is 2.22. The largest absolute Gasteiger partial charge is 0.455 e. The number of carbonyl (C=O) groups excluding carboxylic acids is 2. The van der Waals surface area contributed by atoms with Gasteiger partial charge in [-0.05, 0) is 33.8 Å². The maximum atomic E-state index is 12.0. The lowest BCUT2D eigenvalue weighted by Gasteiger charge is -2.09. The molecule has 0 atom stereocenters. The maximum absolute atomic E-state index is 12.0. The van der Waals surface area contributed by atoms with E-state index in [4.69, 9.17) is 4.74 Å². The van der Waals surface area contributed by atoms with Crippen molar-refractivity contribution in [3.8, 4) is 0 Å². The van der Waals surface area contributed by atoms with Crippen LogP contribution in [0, 0.1) is 0 Å². The fourth-order valence-corrected chi connectivity index (χ4v) is 2.95. The Morgan fingerprint density at radius 1 is 1.04 bits per heavy atom. The topological polar surface area (TPSA) is 55.4 Å². The van der Waals surface area contributed by atoms with Crippen LogP contribution in [-0.2, 0) is 20.7 Å². The molecule has 0 unspecified atom stereocenters. The number of hydrogen-bond donors (Lipinski definition) is 1. The summed E-state index contributed by atoms with van der Waals surface area (Å²) in [5.41, 5.74) is 1.61. The van der Waals surface area contributed by atoms with Gasteiger partial charge in [0.2, 0.25) is 0 Å².